The van der Waals surface area contributed by atoms with Gasteiger partial charge in [-0.1, -0.05) is 0 Å². The van der Waals surface area contributed by atoms with Gasteiger partial charge >= 0.3 is 12.1 Å². The number of alkyl halides is 1. The van der Waals surface area contributed by atoms with Crippen LogP contribution in [0, 0.1) is 10.1 Å². The maximum absolute atomic E-state index is 12.8. The lowest BCUT2D eigenvalue weighted by molar-refractivity contribution is -0.385. The number of piperidine rings is 1. The Labute approximate surface area is 173 Å². The molecule has 1 aromatic rings. The van der Waals surface area contributed by atoms with Crippen LogP contribution in [-0.2, 0) is 9.47 Å². The minimum Gasteiger partial charge on any atom is -0.486 e. The number of ether oxygens (including phenoxy) is 4. The quantitative estimate of drug-likeness (QED) is 0.384. The number of likely N-dealkylation sites (tertiary alicyclic amines) is 1. The number of nitrogens with zero attached hydrogens (tertiary/aromatic N) is 2. The monoisotopic (exact) mass is 428 g/mol. The summed E-state index contributed by atoms with van der Waals surface area (Å²) >= 11 is 0. The number of rotatable bonds is 6. The summed E-state index contributed by atoms with van der Waals surface area (Å²) in [7, 11) is 1.09. The van der Waals surface area contributed by atoms with E-state index in [1.807, 2.05) is 0 Å². The maximum Gasteiger partial charge on any atom is 0.410 e. The first kappa shape index (κ1) is 23.2. The summed E-state index contributed by atoms with van der Waals surface area (Å²) in [4.78, 5) is 36.1. The zero-order chi connectivity index (χ0) is 22.5. The Balaban J connectivity index is 2.17. The minimum atomic E-state index is -1.23. The predicted molar refractivity (Wildman–Crippen MR) is 102 cm³/mol. The van der Waals surface area contributed by atoms with Crippen molar-refractivity contribution < 1.29 is 37.9 Å². The van der Waals surface area contributed by atoms with Crippen LogP contribution in [-0.4, -0.2) is 60.7 Å². The average molecular weight is 428 g/mol. The summed E-state index contributed by atoms with van der Waals surface area (Å²) in [6.45, 7) is 4.84. The molecular weight excluding hydrogens is 403 g/mol. The molecular formula is C19H25FN2O8. The molecule has 0 N–H and O–H groups in total. The molecule has 2 rings (SSSR count). The van der Waals surface area contributed by atoms with E-state index < -0.39 is 35.1 Å². The van der Waals surface area contributed by atoms with Crippen molar-refractivity contribution in [2.45, 2.75) is 45.3 Å². The molecule has 0 atom stereocenters. The molecule has 1 amide bonds. The molecule has 30 heavy (non-hydrogen) atoms. The Bertz CT molecular complexity index is 800. The Kier molecular flexibility index (Phi) is 7.41. The van der Waals surface area contributed by atoms with Crippen molar-refractivity contribution in [3.8, 4) is 11.5 Å². The van der Waals surface area contributed by atoms with Crippen LogP contribution in [0.2, 0.25) is 0 Å². The van der Waals surface area contributed by atoms with Gasteiger partial charge in [0.2, 0.25) is 6.86 Å². The van der Waals surface area contributed by atoms with Crippen LogP contribution in [0.4, 0.5) is 14.9 Å². The third kappa shape index (κ3) is 5.94. The third-order valence-electron chi connectivity index (χ3n) is 4.26. The number of amides is 1. The first-order valence-corrected chi connectivity index (χ1v) is 9.29. The van der Waals surface area contributed by atoms with Gasteiger partial charge in [-0.25, -0.2) is 14.0 Å². The van der Waals surface area contributed by atoms with Gasteiger partial charge in [-0.15, -0.1) is 0 Å². The number of carbonyl (C=O) groups is 2. The normalized spacial score (nSPS) is 14.8. The van der Waals surface area contributed by atoms with E-state index in [4.69, 9.17) is 14.2 Å². The van der Waals surface area contributed by atoms with Crippen LogP contribution in [0.5, 0.6) is 11.5 Å². The van der Waals surface area contributed by atoms with Crippen molar-refractivity contribution in [1.29, 1.82) is 0 Å². The average Bonchev–Trinajstić information content (AvgIpc) is 2.67. The summed E-state index contributed by atoms with van der Waals surface area (Å²) in [6, 6.07) is 2.03. The van der Waals surface area contributed by atoms with Gasteiger partial charge in [0, 0.05) is 32.0 Å². The summed E-state index contributed by atoms with van der Waals surface area (Å²) in [5, 5.41) is 11.3. The van der Waals surface area contributed by atoms with E-state index in [-0.39, 0.29) is 23.2 Å². The van der Waals surface area contributed by atoms with Gasteiger partial charge in [0.05, 0.1) is 18.1 Å². The fraction of sp³-hybridized carbons (Fsp3) is 0.579. The maximum atomic E-state index is 12.8. The molecule has 1 aromatic carbocycles. The van der Waals surface area contributed by atoms with Gasteiger partial charge in [-0.05, 0) is 20.8 Å². The van der Waals surface area contributed by atoms with Crippen molar-refractivity contribution in [3.05, 3.63) is 27.8 Å². The van der Waals surface area contributed by atoms with Gasteiger partial charge in [-0.3, -0.25) is 10.1 Å². The predicted octanol–water partition coefficient (Wildman–Crippen LogP) is 3.47. The van der Waals surface area contributed by atoms with Crippen molar-refractivity contribution in [3.63, 3.8) is 0 Å². The van der Waals surface area contributed by atoms with E-state index in [9.17, 15) is 24.1 Å². The summed E-state index contributed by atoms with van der Waals surface area (Å²) < 4.78 is 33.4. The number of nitro benzene ring substituents is 1. The van der Waals surface area contributed by atoms with E-state index >= 15 is 0 Å². The van der Waals surface area contributed by atoms with E-state index in [1.54, 1.807) is 25.7 Å². The van der Waals surface area contributed by atoms with Crippen LogP contribution >= 0.6 is 0 Å². The second kappa shape index (κ2) is 9.59. The first-order valence-electron chi connectivity index (χ1n) is 9.29. The number of hydrogen-bond acceptors (Lipinski definition) is 8. The Morgan fingerprint density at radius 3 is 2.37 bits per heavy atom. The summed E-state index contributed by atoms with van der Waals surface area (Å²) in [6.07, 6.45) is 0.0841. The van der Waals surface area contributed by atoms with Crippen LogP contribution in [0.3, 0.4) is 0 Å². The molecule has 11 heteroatoms. The van der Waals surface area contributed by atoms with Crippen molar-refractivity contribution in [1.82, 2.24) is 4.90 Å². The molecule has 0 bridgehead atoms. The smallest absolute Gasteiger partial charge is 0.410 e. The number of methoxy groups -OCH3 is 1. The highest BCUT2D eigenvalue weighted by molar-refractivity contribution is 5.95. The van der Waals surface area contributed by atoms with Gasteiger partial charge in [-0.2, -0.15) is 0 Å². The number of halogens is 1. The van der Waals surface area contributed by atoms with Gasteiger partial charge < -0.3 is 23.8 Å². The van der Waals surface area contributed by atoms with Crippen LogP contribution in [0.25, 0.3) is 0 Å². The molecule has 1 aliphatic heterocycles. The highest BCUT2D eigenvalue weighted by Crippen LogP contribution is 2.37. The highest BCUT2D eigenvalue weighted by Gasteiger charge is 2.30. The van der Waals surface area contributed by atoms with Crippen molar-refractivity contribution >= 4 is 17.7 Å². The zero-order valence-corrected chi connectivity index (χ0v) is 17.3. The van der Waals surface area contributed by atoms with Gasteiger partial charge in [0.15, 0.2) is 11.5 Å². The zero-order valence-electron chi connectivity index (χ0n) is 17.3. The largest absolute Gasteiger partial charge is 0.486 e. The Morgan fingerprint density at radius 1 is 1.23 bits per heavy atom. The van der Waals surface area contributed by atoms with E-state index in [0.29, 0.717) is 25.9 Å². The Morgan fingerprint density at radius 2 is 1.87 bits per heavy atom. The molecule has 1 saturated heterocycles. The van der Waals surface area contributed by atoms with Crippen molar-refractivity contribution in [2.75, 3.05) is 27.1 Å². The third-order valence-corrected chi connectivity index (χ3v) is 4.26. The highest BCUT2D eigenvalue weighted by atomic mass is 19.1. The second-order valence-electron chi connectivity index (χ2n) is 7.60. The standard InChI is InChI=1S/C19H25FN2O8/c1-19(2,3)30-18(24)21-7-5-12(6-8-21)29-16-9-13(17(23)27-4)14(22(25)26)10-15(16)28-11-20/h9-10,12H,5-8,11H2,1-4H3. The first-order chi connectivity index (χ1) is 14.1. The van der Waals surface area contributed by atoms with E-state index in [2.05, 4.69) is 4.74 Å². The molecule has 0 aliphatic carbocycles. The molecule has 1 heterocycles. The molecule has 0 unspecified atom stereocenters. The molecule has 0 radical (unpaired) electrons. The van der Waals surface area contributed by atoms with E-state index in [0.717, 1.165) is 19.2 Å². The lowest BCUT2D eigenvalue weighted by Gasteiger charge is -2.33. The lowest BCUT2D eigenvalue weighted by atomic mass is 10.1. The number of benzene rings is 1. The van der Waals surface area contributed by atoms with Crippen LogP contribution in [0.1, 0.15) is 44.0 Å². The molecule has 0 spiro atoms. The second-order valence-corrected chi connectivity index (χ2v) is 7.60. The minimum absolute atomic E-state index is 0.0191. The molecule has 10 nitrogen and oxygen atoms in total. The fourth-order valence-electron chi connectivity index (χ4n) is 2.90. The molecule has 1 fully saturated rings. The van der Waals surface area contributed by atoms with Crippen LogP contribution in [0.15, 0.2) is 12.1 Å². The summed E-state index contributed by atoms with van der Waals surface area (Å²) in [5.74, 6) is -1.15. The SMILES string of the molecule is COC(=O)c1cc(OC2CCN(C(=O)OC(C)(C)C)CC2)c(OCF)cc1[N+](=O)[O-]. The number of hydrogen-bond donors (Lipinski definition) is 0. The number of carbonyl (C=O) groups excluding carboxylic acids is 2. The van der Waals surface area contributed by atoms with Crippen molar-refractivity contribution in [2.24, 2.45) is 0 Å². The van der Waals surface area contributed by atoms with Crippen LogP contribution < -0.4 is 9.47 Å². The topological polar surface area (TPSA) is 117 Å². The molecule has 1 aliphatic rings. The molecule has 166 valence electrons. The molecule has 0 aromatic heterocycles. The van der Waals surface area contributed by atoms with Gasteiger partial charge in [0.1, 0.15) is 17.3 Å². The Hall–Kier alpha value is -3.11. The lowest BCUT2D eigenvalue weighted by Crippen LogP contribution is -2.44. The fourth-order valence-corrected chi connectivity index (χ4v) is 2.90. The number of esters is 1. The van der Waals surface area contributed by atoms with Gasteiger partial charge in [0.25, 0.3) is 5.69 Å². The van der Waals surface area contributed by atoms with E-state index in [1.165, 1.54) is 0 Å². The number of nitro groups is 1. The summed E-state index contributed by atoms with van der Waals surface area (Å²) in [5.41, 5.74) is -1.53. The molecule has 0 saturated carbocycles.